The molecule has 0 aliphatic heterocycles. The van der Waals surface area contributed by atoms with Crippen LogP contribution in [0, 0.1) is 45.3 Å². The maximum Gasteiger partial charge on any atom is -0.0179 e. The molecule has 124 valence electrons. The van der Waals surface area contributed by atoms with E-state index in [-0.39, 0.29) is 0 Å². The van der Waals surface area contributed by atoms with Gasteiger partial charge in [-0.1, -0.05) is 27.7 Å². The fourth-order valence-corrected chi connectivity index (χ4v) is 9.76. The van der Waals surface area contributed by atoms with Crippen molar-refractivity contribution in [2.24, 2.45) is 45.3 Å². The molecule has 0 aromatic carbocycles. The minimum atomic E-state index is 0.629. The lowest BCUT2D eigenvalue weighted by Gasteiger charge is -2.77. The van der Waals surface area contributed by atoms with E-state index in [1.807, 2.05) is 0 Å². The first-order valence-corrected chi connectivity index (χ1v) is 10.4. The highest BCUT2D eigenvalue weighted by Gasteiger charge is 2.78. The molecule has 4 atom stereocenters. The van der Waals surface area contributed by atoms with Crippen molar-refractivity contribution >= 4 is 0 Å². The zero-order valence-electron chi connectivity index (χ0n) is 15.4. The molecule has 5 fully saturated rings. The van der Waals surface area contributed by atoms with Gasteiger partial charge in [-0.3, -0.25) is 0 Å². The molecule has 5 rings (SSSR count). The van der Waals surface area contributed by atoms with Crippen LogP contribution in [0.5, 0.6) is 0 Å². The molecule has 0 amide bonds. The van der Waals surface area contributed by atoms with Gasteiger partial charge in [0.05, 0.1) is 0 Å². The maximum absolute atomic E-state index is 2.78. The molecule has 5 saturated carbocycles. The standard InChI is InChI=1S/C22H36/c1-15-16(2)20(4,22-11-7-18(14-22)8-12-22)19(15,3)21-9-5-17(13-21)6-10-21/h15-18H,5-14H2,1-4H3. The van der Waals surface area contributed by atoms with Crippen molar-refractivity contribution in [3.63, 3.8) is 0 Å². The molecule has 0 heterocycles. The topological polar surface area (TPSA) is 0 Å². The van der Waals surface area contributed by atoms with E-state index in [1.54, 1.807) is 64.2 Å². The first-order valence-electron chi connectivity index (χ1n) is 10.4. The van der Waals surface area contributed by atoms with Gasteiger partial charge in [-0.05, 0) is 110 Å². The summed E-state index contributed by atoms with van der Waals surface area (Å²) in [6.07, 6.45) is 15.7. The van der Waals surface area contributed by atoms with E-state index in [0.717, 1.165) is 34.5 Å². The van der Waals surface area contributed by atoms with Crippen LogP contribution in [0.15, 0.2) is 0 Å². The van der Waals surface area contributed by atoms with Gasteiger partial charge in [0.1, 0.15) is 0 Å². The normalized spacial score (nSPS) is 66.0. The van der Waals surface area contributed by atoms with Gasteiger partial charge in [-0.25, -0.2) is 0 Å². The van der Waals surface area contributed by atoms with Crippen LogP contribution < -0.4 is 0 Å². The SMILES string of the molecule is CC1C(C)C(C)(C23CCC(CC2)C3)C1(C)C12CCC(CC1)C2. The van der Waals surface area contributed by atoms with E-state index in [2.05, 4.69) is 27.7 Å². The van der Waals surface area contributed by atoms with Gasteiger partial charge in [0, 0.05) is 0 Å². The molecule has 5 aliphatic rings. The predicted molar refractivity (Wildman–Crippen MR) is 92.6 cm³/mol. The van der Waals surface area contributed by atoms with E-state index >= 15 is 0 Å². The van der Waals surface area contributed by atoms with Crippen molar-refractivity contribution in [2.45, 2.75) is 91.9 Å². The van der Waals surface area contributed by atoms with Crippen LogP contribution in [-0.4, -0.2) is 0 Å². The molecule has 0 nitrogen and oxygen atoms in total. The van der Waals surface area contributed by atoms with Gasteiger partial charge in [-0.2, -0.15) is 0 Å². The molecule has 0 heteroatoms. The van der Waals surface area contributed by atoms with Gasteiger partial charge in [-0.15, -0.1) is 0 Å². The third-order valence-corrected chi connectivity index (χ3v) is 11.3. The summed E-state index contributed by atoms with van der Waals surface area (Å²) in [4.78, 5) is 0. The average Bonchev–Trinajstić information content (AvgIpc) is 3.32. The van der Waals surface area contributed by atoms with Gasteiger partial charge in [0.25, 0.3) is 0 Å². The fourth-order valence-electron chi connectivity index (χ4n) is 9.76. The zero-order valence-corrected chi connectivity index (χ0v) is 15.4. The van der Waals surface area contributed by atoms with Crippen molar-refractivity contribution in [1.82, 2.24) is 0 Å². The molecule has 22 heavy (non-hydrogen) atoms. The van der Waals surface area contributed by atoms with Gasteiger partial charge < -0.3 is 0 Å². The third-order valence-electron chi connectivity index (χ3n) is 11.3. The Hall–Kier alpha value is 0. The average molecular weight is 301 g/mol. The molecule has 0 N–H and O–H groups in total. The largest absolute Gasteiger partial charge is 0.0617 e. The van der Waals surface area contributed by atoms with E-state index in [1.165, 1.54) is 0 Å². The van der Waals surface area contributed by atoms with E-state index in [4.69, 9.17) is 0 Å². The quantitative estimate of drug-likeness (QED) is 0.550. The summed E-state index contributed by atoms with van der Waals surface area (Å²) in [6.45, 7) is 10.8. The molecule has 4 unspecified atom stereocenters. The zero-order chi connectivity index (χ0) is 15.4. The Bertz CT molecular complexity index is 442. The number of hydrogen-bond donors (Lipinski definition) is 0. The Morgan fingerprint density at radius 3 is 1.14 bits per heavy atom. The van der Waals surface area contributed by atoms with Gasteiger partial charge in [0.2, 0.25) is 0 Å². The van der Waals surface area contributed by atoms with Crippen molar-refractivity contribution < 1.29 is 0 Å². The van der Waals surface area contributed by atoms with Gasteiger partial charge in [0.15, 0.2) is 0 Å². The van der Waals surface area contributed by atoms with Crippen LogP contribution in [0.4, 0.5) is 0 Å². The van der Waals surface area contributed by atoms with Crippen LogP contribution >= 0.6 is 0 Å². The lowest BCUT2D eigenvalue weighted by molar-refractivity contribution is -0.295. The summed E-state index contributed by atoms with van der Waals surface area (Å²) in [5, 5.41) is 0. The molecular weight excluding hydrogens is 264 g/mol. The third kappa shape index (κ3) is 1.22. The van der Waals surface area contributed by atoms with Crippen LogP contribution in [0.1, 0.15) is 91.9 Å². The summed E-state index contributed by atoms with van der Waals surface area (Å²) in [5.74, 6) is 4.09. The van der Waals surface area contributed by atoms with Crippen molar-refractivity contribution in [3.05, 3.63) is 0 Å². The van der Waals surface area contributed by atoms with E-state index < -0.39 is 0 Å². The van der Waals surface area contributed by atoms with Crippen LogP contribution in [0.3, 0.4) is 0 Å². The molecule has 0 aromatic rings. The molecule has 0 radical (unpaired) electrons. The second-order valence-corrected chi connectivity index (χ2v) is 10.8. The maximum atomic E-state index is 2.78. The first-order chi connectivity index (χ1) is 10.4. The predicted octanol–water partition coefficient (Wildman–Crippen LogP) is 6.45. The Kier molecular flexibility index (Phi) is 2.59. The highest BCUT2D eigenvalue weighted by Crippen LogP contribution is 2.84. The lowest BCUT2D eigenvalue weighted by atomic mass is 9.27. The highest BCUT2D eigenvalue weighted by atomic mass is 14.8. The van der Waals surface area contributed by atoms with Crippen molar-refractivity contribution in [1.29, 1.82) is 0 Å². The van der Waals surface area contributed by atoms with Crippen LogP contribution in [-0.2, 0) is 0 Å². The van der Waals surface area contributed by atoms with Crippen LogP contribution in [0.2, 0.25) is 0 Å². The second-order valence-electron chi connectivity index (χ2n) is 10.8. The fraction of sp³-hybridized carbons (Fsp3) is 1.00. The molecule has 0 aromatic heterocycles. The van der Waals surface area contributed by atoms with Crippen molar-refractivity contribution in [2.75, 3.05) is 0 Å². The van der Waals surface area contributed by atoms with E-state index in [0.29, 0.717) is 10.8 Å². The Morgan fingerprint density at radius 1 is 0.591 bits per heavy atom. The summed E-state index contributed by atoms with van der Waals surface area (Å²) in [5.41, 5.74) is 2.72. The summed E-state index contributed by atoms with van der Waals surface area (Å²) in [7, 11) is 0. The molecule has 0 spiro atoms. The smallest absolute Gasteiger partial charge is 0.0179 e. The second kappa shape index (κ2) is 3.97. The molecular formula is C22H36. The molecule has 5 aliphatic carbocycles. The summed E-state index contributed by atoms with van der Waals surface area (Å²) in [6, 6.07) is 0. The summed E-state index contributed by atoms with van der Waals surface area (Å²) >= 11 is 0. The molecule has 0 saturated heterocycles. The summed E-state index contributed by atoms with van der Waals surface area (Å²) < 4.78 is 0. The number of fused-ring (bicyclic) bond motifs is 4. The lowest BCUT2D eigenvalue weighted by Crippen LogP contribution is -2.72. The van der Waals surface area contributed by atoms with E-state index in [9.17, 15) is 0 Å². The van der Waals surface area contributed by atoms with Crippen LogP contribution in [0.25, 0.3) is 0 Å². The number of rotatable bonds is 2. The Morgan fingerprint density at radius 2 is 0.909 bits per heavy atom. The highest BCUT2D eigenvalue weighted by molar-refractivity contribution is 5.26. The Balaban J connectivity index is 1.62. The number of hydrogen-bond acceptors (Lipinski definition) is 0. The Labute approximate surface area is 137 Å². The van der Waals surface area contributed by atoms with Crippen molar-refractivity contribution in [3.8, 4) is 0 Å². The minimum Gasteiger partial charge on any atom is -0.0617 e. The first kappa shape index (κ1) is 14.4. The monoisotopic (exact) mass is 300 g/mol. The minimum absolute atomic E-state index is 0.629. The molecule has 4 bridgehead atoms. The van der Waals surface area contributed by atoms with Gasteiger partial charge >= 0.3 is 0 Å².